The second kappa shape index (κ2) is 15.5. The van der Waals surface area contributed by atoms with Crippen molar-refractivity contribution < 1.29 is 33.6 Å². The van der Waals surface area contributed by atoms with E-state index in [1.807, 2.05) is 25.3 Å². The first-order chi connectivity index (χ1) is 16.5. The summed E-state index contributed by atoms with van der Waals surface area (Å²) in [6.07, 6.45) is 0.227. The number of carbonyl (C=O) groups excluding carboxylic acids is 2. The number of aliphatic hydroxyl groups is 1. The predicted molar refractivity (Wildman–Crippen MR) is 135 cm³/mol. The summed E-state index contributed by atoms with van der Waals surface area (Å²) in [4.78, 5) is 25.4. The van der Waals surface area contributed by atoms with Crippen LogP contribution in [0.1, 0.15) is 25.0 Å². The lowest BCUT2D eigenvalue weighted by molar-refractivity contribution is -0.142. The van der Waals surface area contributed by atoms with Crippen LogP contribution in [0.2, 0.25) is 0 Å². The van der Waals surface area contributed by atoms with Crippen LogP contribution in [0.15, 0.2) is 53.4 Å². The van der Waals surface area contributed by atoms with Crippen molar-refractivity contribution in [3.63, 3.8) is 0 Å². The molecule has 0 heterocycles. The standard InChI is InChI=1S/C24H31NO7S2/c1-3-29-21(11-13-31-22(27)16-33)23(17-5-4-6-19(15-17)30-14-12-26)32-24(28)25-18-7-9-20(34-2)10-8-18/h4-10,15,21,23,26,33H,3,11-14,16H2,1-2H3,(H,25,28)/t21-,23-/m1/s1. The van der Waals surface area contributed by atoms with Crippen molar-refractivity contribution in [1.29, 1.82) is 0 Å². The SMILES string of the molecule is CCO[C@H](CCOC(=O)CS)[C@H](OC(=O)Nc1ccc(SC)cc1)c1cccc(OCCO)c1. The molecule has 8 nitrogen and oxygen atoms in total. The summed E-state index contributed by atoms with van der Waals surface area (Å²) in [6.45, 7) is 2.29. The van der Waals surface area contributed by atoms with E-state index in [9.17, 15) is 9.59 Å². The molecule has 0 radical (unpaired) electrons. The molecule has 2 N–H and O–H groups in total. The number of esters is 1. The largest absolute Gasteiger partial charge is 0.491 e. The van der Waals surface area contributed by atoms with Gasteiger partial charge in [-0.05, 0) is 55.1 Å². The van der Waals surface area contributed by atoms with E-state index >= 15 is 0 Å². The van der Waals surface area contributed by atoms with E-state index in [4.69, 9.17) is 24.1 Å². The molecule has 10 heteroatoms. The predicted octanol–water partition coefficient (Wildman–Crippen LogP) is 4.34. The molecule has 34 heavy (non-hydrogen) atoms. The molecule has 0 aliphatic heterocycles. The molecule has 2 rings (SSSR count). The average Bonchev–Trinajstić information content (AvgIpc) is 2.86. The lowest BCUT2D eigenvalue weighted by Gasteiger charge is -2.27. The van der Waals surface area contributed by atoms with Gasteiger partial charge in [0.1, 0.15) is 18.5 Å². The van der Waals surface area contributed by atoms with Gasteiger partial charge in [0.05, 0.1) is 19.0 Å². The minimum atomic E-state index is -0.808. The average molecular weight is 510 g/mol. The Morgan fingerprint density at radius 3 is 2.56 bits per heavy atom. The van der Waals surface area contributed by atoms with Gasteiger partial charge >= 0.3 is 12.1 Å². The molecule has 0 bridgehead atoms. The highest BCUT2D eigenvalue weighted by Gasteiger charge is 2.28. The molecular formula is C24H31NO7S2. The highest BCUT2D eigenvalue weighted by Crippen LogP contribution is 2.29. The molecule has 0 saturated heterocycles. The van der Waals surface area contributed by atoms with Crippen LogP contribution in [0.4, 0.5) is 10.5 Å². The lowest BCUT2D eigenvalue weighted by atomic mass is 10.0. The monoisotopic (exact) mass is 509 g/mol. The van der Waals surface area contributed by atoms with Crippen LogP contribution in [-0.4, -0.2) is 61.7 Å². The molecule has 0 aliphatic carbocycles. The summed E-state index contributed by atoms with van der Waals surface area (Å²) in [5.41, 5.74) is 1.24. The zero-order chi connectivity index (χ0) is 24.8. The number of hydrogen-bond donors (Lipinski definition) is 3. The van der Waals surface area contributed by atoms with E-state index in [1.165, 1.54) is 0 Å². The second-order valence-corrected chi connectivity index (χ2v) is 8.18. The Kier molecular flexibility index (Phi) is 12.7. The maximum atomic E-state index is 12.8. The molecule has 0 spiro atoms. The Bertz CT molecular complexity index is 895. The Labute approximate surface area is 209 Å². The molecule has 0 aliphatic rings. The Balaban J connectivity index is 2.23. The van der Waals surface area contributed by atoms with Crippen LogP contribution < -0.4 is 10.1 Å². The first-order valence-corrected chi connectivity index (χ1v) is 12.7. The highest BCUT2D eigenvalue weighted by molar-refractivity contribution is 7.98. The van der Waals surface area contributed by atoms with Crippen molar-refractivity contribution >= 4 is 42.1 Å². The number of hydrogen-bond acceptors (Lipinski definition) is 9. The van der Waals surface area contributed by atoms with Gasteiger partial charge < -0.3 is 24.1 Å². The van der Waals surface area contributed by atoms with Crippen LogP contribution in [0.3, 0.4) is 0 Å². The van der Waals surface area contributed by atoms with Gasteiger partial charge in [-0.3, -0.25) is 10.1 Å². The first kappa shape index (κ1) is 27.8. The van der Waals surface area contributed by atoms with E-state index in [0.717, 1.165) is 4.90 Å². The maximum absolute atomic E-state index is 12.8. The topological polar surface area (TPSA) is 103 Å². The van der Waals surface area contributed by atoms with Gasteiger partial charge in [-0.1, -0.05) is 12.1 Å². The van der Waals surface area contributed by atoms with E-state index in [2.05, 4.69) is 17.9 Å². The number of ether oxygens (including phenoxy) is 4. The Morgan fingerprint density at radius 1 is 1.15 bits per heavy atom. The summed E-state index contributed by atoms with van der Waals surface area (Å²) in [5, 5.41) is 11.8. The number of thioether (sulfide) groups is 1. The quantitative estimate of drug-likeness (QED) is 0.196. The number of carbonyl (C=O) groups is 2. The summed E-state index contributed by atoms with van der Waals surface area (Å²) in [5.74, 6) is 0.0492. The minimum Gasteiger partial charge on any atom is -0.491 e. The van der Waals surface area contributed by atoms with E-state index in [-0.39, 0.29) is 25.6 Å². The van der Waals surface area contributed by atoms with Gasteiger partial charge in [0.15, 0.2) is 6.10 Å². The van der Waals surface area contributed by atoms with Gasteiger partial charge in [-0.25, -0.2) is 4.79 Å². The zero-order valence-corrected chi connectivity index (χ0v) is 21.0. The van der Waals surface area contributed by atoms with Gasteiger partial charge in [0.2, 0.25) is 0 Å². The molecule has 2 aromatic rings. The van der Waals surface area contributed by atoms with E-state index < -0.39 is 24.3 Å². The molecule has 186 valence electrons. The molecular weight excluding hydrogens is 478 g/mol. The molecule has 2 atom stereocenters. The number of benzene rings is 2. The molecule has 1 amide bonds. The fourth-order valence-electron chi connectivity index (χ4n) is 3.11. The Hall–Kier alpha value is -2.40. The van der Waals surface area contributed by atoms with Crippen molar-refractivity contribution in [2.45, 2.75) is 30.4 Å². The number of rotatable bonds is 14. The van der Waals surface area contributed by atoms with Crippen molar-refractivity contribution in [3.8, 4) is 5.75 Å². The highest BCUT2D eigenvalue weighted by atomic mass is 32.2. The maximum Gasteiger partial charge on any atom is 0.412 e. The van der Waals surface area contributed by atoms with Crippen LogP contribution in [-0.2, 0) is 19.0 Å². The fourth-order valence-corrected chi connectivity index (χ4v) is 3.61. The molecule has 0 aromatic heterocycles. The zero-order valence-electron chi connectivity index (χ0n) is 19.3. The summed E-state index contributed by atoms with van der Waals surface area (Å²) in [7, 11) is 0. The third kappa shape index (κ3) is 9.46. The molecule has 2 aromatic carbocycles. The first-order valence-electron chi connectivity index (χ1n) is 10.8. The summed E-state index contributed by atoms with van der Waals surface area (Å²) >= 11 is 5.51. The fraction of sp³-hybridized carbons (Fsp3) is 0.417. The van der Waals surface area contributed by atoms with Crippen molar-refractivity contribution in [3.05, 3.63) is 54.1 Å². The van der Waals surface area contributed by atoms with Crippen LogP contribution >= 0.6 is 24.4 Å². The van der Waals surface area contributed by atoms with Gasteiger partial charge in [-0.15, -0.1) is 11.8 Å². The smallest absolute Gasteiger partial charge is 0.412 e. The summed E-state index contributed by atoms with van der Waals surface area (Å²) in [6, 6.07) is 14.4. The van der Waals surface area contributed by atoms with Gasteiger partial charge in [0.25, 0.3) is 0 Å². The number of anilines is 1. The van der Waals surface area contributed by atoms with Crippen LogP contribution in [0.25, 0.3) is 0 Å². The number of thiol groups is 1. The number of amides is 1. The summed E-state index contributed by atoms with van der Waals surface area (Å²) < 4.78 is 22.3. The molecule has 0 unspecified atom stereocenters. The van der Waals surface area contributed by atoms with Crippen molar-refractivity contribution in [2.24, 2.45) is 0 Å². The van der Waals surface area contributed by atoms with Gasteiger partial charge in [-0.2, -0.15) is 12.6 Å². The third-order valence-electron chi connectivity index (χ3n) is 4.63. The normalized spacial score (nSPS) is 12.5. The van der Waals surface area contributed by atoms with Crippen molar-refractivity contribution in [2.75, 3.05) is 43.8 Å². The number of aliphatic hydroxyl groups excluding tert-OH is 1. The Morgan fingerprint density at radius 2 is 1.91 bits per heavy atom. The van der Waals surface area contributed by atoms with Crippen LogP contribution in [0, 0.1) is 0 Å². The van der Waals surface area contributed by atoms with Crippen LogP contribution in [0.5, 0.6) is 5.75 Å². The lowest BCUT2D eigenvalue weighted by Crippen LogP contribution is -2.30. The molecule has 0 fully saturated rings. The number of nitrogens with one attached hydrogen (secondary N) is 1. The van der Waals surface area contributed by atoms with E-state index in [1.54, 1.807) is 48.2 Å². The molecule has 0 saturated carbocycles. The second-order valence-electron chi connectivity index (χ2n) is 6.99. The van der Waals surface area contributed by atoms with E-state index in [0.29, 0.717) is 30.0 Å². The third-order valence-corrected chi connectivity index (χ3v) is 5.63. The van der Waals surface area contributed by atoms with Gasteiger partial charge in [0, 0.05) is 23.6 Å². The van der Waals surface area contributed by atoms with Crippen molar-refractivity contribution in [1.82, 2.24) is 0 Å². The minimum absolute atomic E-state index is 0.0266.